The molecule has 0 aliphatic heterocycles. The van der Waals surface area contributed by atoms with Gasteiger partial charge in [-0.05, 0) is 60.0 Å². The van der Waals surface area contributed by atoms with Gasteiger partial charge in [-0.15, -0.1) is 0 Å². The summed E-state index contributed by atoms with van der Waals surface area (Å²) in [5.41, 5.74) is 3.17. The van der Waals surface area contributed by atoms with Crippen LogP contribution >= 0.6 is 0 Å². The van der Waals surface area contributed by atoms with Gasteiger partial charge >= 0.3 is 12.2 Å². The molecule has 3 aromatic carbocycles. The van der Waals surface area contributed by atoms with Crippen LogP contribution in [0.5, 0.6) is 23.0 Å². The molecule has 0 radical (unpaired) electrons. The molecule has 0 aliphatic rings. The van der Waals surface area contributed by atoms with Crippen LogP contribution in [0.15, 0.2) is 54.6 Å². The maximum atomic E-state index is 12.4. The SMILES string of the molecule is COc1ccc(COC(=O)Nc2ccc(C)c(NC(=O)OCc3ccc(OC)c(OC)c3)c2)cc1OC. The van der Waals surface area contributed by atoms with E-state index in [1.165, 1.54) is 14.2 Å². The fourth-order valence-corrected chi connectivity index (χ4v) is 3.37. The fraction of sp³-hybridized carbons (Fsp3) is 0.259. The zero-order valence-electron chi connectivity index (χ0n) is 21.4. The summed E-state index contributed by atoms with van der Waals surface area (Å²) in [6.07, 6.45) is -1.30. The summed E-state index contributed by atoms with van der Waals surface area (Å²) in [6.45, 7) is 1.89. The van der Waals surface area contributed by atoms with Crippen LogP contribution in [0.3, 0.4) is 0 Å². The Morgan fingerprint density at radius 2 is 1.11 bits per heavy atom. The Morgan fingerprint density at radius 1 is 0.622 bits per heavy atom. The van der Waals surface area contributed by atoms with E-state index in [1.54, 1.807) is 68.8 Å². The van der Waals surface area contributed by atoms with Gasteiger partial charge in [0.1, 0.15) is 13.2 Å². The summed E-state index contributed by atoms with van der Waals surface area (Å²) in [6, 6.07) is 15.6. The molecule has 10 nitrogen and oxygen atoms in total. The van der Waals surface area contributed by atoms with Gasteiger partial charge in [0.2, 0.25) is 0 Å². The number of hydrogen-bond donors (Lipinski definition) is 2. The average Bonchev–Trinajstić information content (AvgIpc) is 2.92. The summed E-state index contributed by atoms with van der Waals surface area (Å²) in [5, 5.41) is 5.34. The number of ether oxygens (including phenoxy) is 6. The van der Waals surface area contributed by atoms with Crippen molar-refractivity contribution in [1.29, 1.82) is 0 Å². The zero-order chi connectivity index (χ0) is 26.8. The quantitative estimate of drug-likeness (QED) is 0.366. The second kappa shape index (κ2) is 12.9. The van der Waals surface area contributed by atoms with E-state index in [9.17, 15) is 9.59 Å². The van der Waals surface area contributed by atoms with Crippen molar-refractivity contribution in [2.45, 2.75) is 20.1 Å². The lowest BCUT2D eigenvalue weighted by molar-refractivity contribution is 0.154. The largest absolute Gasteiger partial charge is 0.493 e. The van der Waals surface area contributed by atoms with Crippen LogP contribution in [-0.4, -0.2) is 40.6 Å². The van der Waals surface area contributed by atoms with Crippen LogP contribution in [0.4, 0.5) is 21.0 Å². The van der Waals surface area contributed by atoms with Gasteiger partial charge < -0.3 is 28.4 Å². The highest BCUT2D eigenvalue weighted by molar-refractivity contribution is 5.89. The van der Waals surface area contributed by atoms with Crippen molar-refractivity contribution in [2.75, 3.05) is 39.1 Å². The Labute approximate surface area is 215 Å². The third-order valence-corrected chi connectivity index (χ3v) is 5.36. The summed E-state index contributed by atoms with van der Waals surface area (Å²) < 4.78 is 31.6. The fourth-order valence-electron chi connectivity index (χ4n) is 3.37. The maximum Gasteiger partial charge on any atom is 0.411 e. The number of hydrogen-bond acceptors (Lipinski definition) is 8. The Kier molecular flexibility index (Phi) is 9.42. The van der Waals surface area contributed by atoms with E-state index in [0.29, 0.717) is 34.4 Å². The van der Waals surface area contributed by atoms with E-state index in [0.717, 1.165) is 16.7 Å². The lowest BCUT2D eigenvalue weighted by Gasteiger charge is -2.13. The van der Waals surface area contributed by atoms with Gasteiger partial charge in [0.25, 0.3) is 0 Å². The van der Waals surface area contributed by atoms with E-state index in [-0.39, 0.29) is 13.2 Å². The number of amides is 2. The molecule has 0 atom stereocenters. The van der Waals surface area contributed by atoms with Crippen LogP contribution in [-0.2, 0) is 22.7 Å². The molecule has 0 spiro atoms. The summed E-state index contributed by atoms with van der Waals surface area (Å²) in [7, 11) is 6.16. The van der Waals surface area contributed by atoms with Crippen molar-refractivity contribution in [3.05, 3.63) is 71.3 Å². The lowest BCUT2D eigenvalue weighted by atomic mass is 10.2. The molecule has 0 unspecified atom stereocenters. The number of aryl methyl sites for hydroxylation is 1. The highest BCUT2D eigenvalue weighted by Gasteiger charge is 2.12. The highest BCUT2D eigenvalue weighted by Crippen LogP contribution is 2.29. The van der Waals surface area contributed by atoms with Crippen LogP contribution < -0.4 is 29.6 Å². The number of rotatable bonds is 10. The predicted octanol–water partition coefficient (Wildman–Crippen LogP) is 5.53. The van der Waals surface area contributed by atoms with Crippen molar-refractivity contribution in [3.63, 3.8) is 0 Å². The molecule has 37 heavy (non-hydrogen) atoms. The van der Waals surface area contributed by atoms with Crippen LogP contribution in [0.2, 0.25) is 0 Å². The first-order valence-corrected chi connectivity index (χ1v) is 11.3. The minimum atomic E-state index is -0.652. The zero-order valence-corrected chi connectivity index (χ0v) is 21.4. The molecule has 0 aromatic heterocycles. The van der Waals surface area contributed by atoms with Gasteiger partial charge in [-0.2, -0.15) is 0 Å². The van der Waals surface area contributed by atoms with E-state index in [1.807, 2.05) is 6.92 Å². The summed E-state index contributed by atoms with van der Waals surface area (Å²) in [4.78, 5) is 24.7. The van der Waals surface area contributed by atoms with Crippen molar-refractivity contribution in [1.82, 2.24) is 0 Å². The van der Waals surface area contributed by atoms with Crippen LogP contribution in [0, 0.1) is 6.92 Å². The van der Waals surface area contributed by atoms with Gasteiger partial charge in [-0.1, -0.05) is 18.2 Å². The molecule has 3 rings (SSSR count). The number of anilines is 2. The molecule has 3 aromatic rings. The van der Waals surface area contributed by atoms with Gasteiger partial charge in [-0.3, -0.25) is 10.6 Å². The van der Waals surface area contributed by atoms with E-state index in [4.69, 9.17) is 28.4 Å². The third-order valence-electron chi connectivity index (χ3n) is 5.36. The number of carbonyl (C=O) groups is 2. The molecule has 0 saturated carbocycles. The summed E-state index contributed by atoms with van der Waals surface area (Å²) in [5.74, 6) is 2.24. The first-order valence-electron chi connectivity index (χ1n) is 11.3. The number of carbonyl (C=O) groups excluding carboxylic acids is 2. The molecular weight excluding hydrogens is 480 g/mol. The van der Waals surface area contributed by atoms with Gasteiger partial charge in [-0.25, -0.2) is 9.59 Å². The Morgan fingerprint density at radius 3 is 1.59 bits per heavy atom. The molecule has 196 valence electrons. The standard InChI is InChI=1S/C27H30N2O8/c1-17-6-9-20(28-26(30)36-15-18-7-10-22(32-2)24(12-18)34-4)14-21(17)29-27(31)37-16-19-8-11-23(33-3)25(13-19)35-5/h6-14H,15-16H2,1-5H3,(H,28,30)(H,29,31). The molecule has 0 aliphatic carbocycles. The molecule has 0 heterocycles. The minimum Gasteiger partial charge on any atom is -0.493 e. The van der Waals surface area contributed by atoms with Crippen LogP contribution in [0.25, 0.3) is 0 Å². The molecule has 10 heteroatoms. The second-order valence-corrected chi connectivity index (χ2v) is 7.81. The Hall–Kier alpha value is -4.60. The highest BCUT2D eigenvalue weighted by atomic mass is 16.6. The summed E-state index contributed by atoms with van der Waals surface area (Å²) >= 11 is 0. The van der Waals surface area contributed by atoms with Crippen molar-refractivity contribution in [3.8, 4) is 23.0 Å². The monoisotopic (exact) mass is 510 g/mol. The minimum absolute atomic E-state index is 0.0334. The molecular formula is C27H30N2O8. The van der Waals surface area contributed by atoms with Gasteiger partial charge in [0.05, 0.1) is 28.4 Å². The third kappa shape index (κ3) is 7.44. The number of nitrogens with one attached hydrogen (secondary N) is 2. The lowest BCUT2D eigenvalue weighted by Crippen LogP contribution is -2.16. The predicted molar refractivity (Wildman–Crippen MR) is 138 cm³/mol. The van der Waals surface area contributed by atoms with Crippen molar-refractivity contribution >= 4 is 23.6 Å². The van der Waals surface area contributed by atoms with Gasteiger partial charge in [0.15, 0.2) is 23.0 Å². The van der Waals surface area contributed by atoms with Crippen LogP contribution in [0.1, 0.15) is 16.7 Å². The molecule has 0 saturated heterocycles. The van der Waals surface area contributed by atoms with Crippen molar-refractivity contribution < 1.29 is 38.0 Å². The molecule has 0 bridgehead atoms. The normalized spacial score (nSPS) is 10.2. The first kappa shape index (κ1) is 27.0. The Bertz CT molecular complexity index is 1250. The first-order chi connectivity index (χ1) is 17.9. The molecule has 2 N–H and O–H groups in total. The smallest absolute Gasteiger partial charge is 0.411 e. The topological polar surface area (TPSA) is 114 Å². The van der Waals surface area contributed by atoms with E-state index in [2.05, 4.69) is 10.6 Å². The average molecular weight is 511 g/mol. The second-order valence-electron chi connectivity index (χ2n) is 7.81. The van der Waals surface area contributed by atoms with E-state index < -0.39 is 12.2 Å². The Balaban J connectivity index is 1.55. The molecule has 2 amide bonds. The van der Waals surface area contributed by atoms with E-state index >= 15 is 0 Å². The number of benzene rings is 3. The number of methoxy groups -OCH3 is 4. The van der Waals surface area contributed by atoms with Gasteiger partial charge in [0, 0.05) is 11.4 Å². The molecule has 0 fully saturated rings. The van der Waals surface area contributed by atoms with Crippen molar-refractivity contribution in [2.24, 2.45) is 0 Å². The maximum absolute atomic E-state index is 12.4.